The van der Waals surface area contributed by atoms with E-state index in [0.717, 1.165) is 37.9 Å². The quantitative estimate of drug-likeness (QED) is 0.786. The molecule has 21 heavy (non-hydrogen) atoms. The number of nitrogens with one attached hydrogen (secondary N) is 1. The third-order valence-corrected chi connectivity index (χ3v) is 4.17. The van der Waals surface area contributed by atoms with Gasteiger partial charge in [-0.05, 0) is 17.6 Å². The highest BCUT2D eigenvalue weighted by Gasteiger charge is 2.32. The molecule has 0 aromatic carbocycles. The first-order chi connectivity index (χ1) is 10.1. The van der Waals surface area contributed by atoms with E-state index in [1.54, 1.807) is 0 Å². The molecule has 0 spiro atoms. The molecule has 3 heteroatoms. The Kier molecular flexibility index (Phi) is 7.76. The van der Waals surface area contributed by atoms with Gasteiger partial charge in [0.25, 0.3) is 0 Å². The summed E-state index contributed by atoms with van der Waals surface area (Å²) in [5.74, 6) is 0.513. The van der Waals surface area contributed by atoms with Gasteiger partial charge >= 0.3 is 0 Å². The van der Waals surface area contributed by atoms with Crippen LogP contribution >= 0.6 is 0 Å². The molecule has 0 unspecified atom stereocenters. The maximum atomic E-state index is 4.20. The predicted molar refractivity (Wildman–Crippen MR) is 93.4 cm³/mol. The lowest BCUT2D eigenvalue weighted by molar-refractivity contribution is 0.0521. The lowest BCUT2D eigenvalue weighted by atomic mass is 10.00. The molecule has 0 saturated carbocycles. The number of likely N-dealkylation sites (tertiary alicyclic amines) is 1. The van der Waals surface area contributed by atoms with Crippen LogP contribution in [0.2, 0.25) is 0 Å². The second-order valence-corrected chi connectivity index (χ2v) is 5.84. The molecule has 1 N–H and O–H groups in total. The van der Waals surface area contributed by atoms with Gasteiger partial charge in [0.15, 0.2) is 0 Å². The van der Waals surface area contributed by atoms with Crippen LogP contribution in [-0.4, -0.2) is 55.1 Å². The molecule has 120 valence electrons. The number of nitrogens with zero attached hydrogens (tertiary/aromatic N) is 2. The third-order valence-electron chi connectivity index (χ3n) is 4.17. The van der Waals surface area contributed by atoms with Crippen LogP contribution in [0.3, 0.4) is 0 Å². The van der Waals surface area contributed by atoms with Crippen molar-refractivity contribution in [1.29, 1.82) is 0 Å². The van der Waals surface area contributed by atoms with Crippen LogP contribution in [0.15, 0.2) is 36.6 Å². The van der Waals surface area contributed by atoms with Crippen molar-refractivity contribution < 1.29 is 0 Å². The lowest BCUT2D eigenvalue weighted by Gasteiger charge is -2.48. The molecular formula is C18H33N3. The summed E-state index contributed by atoms with van der Waals surface area (Å²) in [7, 11) is 0. The highest BCUT2D eigenvalue weighted by molar-refractivity contribution is 5.29. The van der Waals surface area contributed by atoms with Gasteiger partial charge in [-0.2, -0.15) is 0 Å². The molecule has 2 aliphatic heterocycles. The standard InChI is InChI=1S/C16H27N3.C2H6/c1-5-15(13(2)3)10-14(4)19-11-16(12-19)18-8-6-17-7-9-18;1-2/h5,10,13,16-17H,1,4,6-9,11-12H2,2-3H3;1-2H3/b15-10+;. The van der Waals surface area contributed by atoms with Gasteiger partial charge in [-0.25, -0.2) is 0 Å². The molecule has 0 aliphatic carbocycles. The molecule has 2 heterocycles. The highest BCUT2D eigenvalue weighted by atomic mass is 15.3. The number of hydrogen-bond donors (Lipinski definition) is 1. The topological polar surface area (TPSA) is 18.5 Å². The number of allylic oxidation sites excluding steroid dienone is 3. The molecule has 2 rings (SSSR count). The van der Waals surface area contributed by atoms with Crippen molar-refractivity contribution in [2.75, 3.05) is 39.3 Å². The van der Waals surface area contributed by atoms with Gasteiger partial charge in [-0.15, -0.1) is 0 Å². The summed E-state index contributed by atoms with van der Waals surface area (Å²) >= 11 is 0. The molecule has 0 aromatic rings. The molecule has 3 nitrogen and oxygen atoms in total. The Hall–Kier alpha value is -1.06. The fourth-order valence-electron chi connectivity index (χ4n) is 2.71. The van der Waals surface area contributed by atoms with E-state index >= 15 is 0 Å². The van der Waals surface area contributed by atoms with Crippen molar-refractivity contribution in [1.82, 2.24) is 15.1 Å². The normalized spacial score (nSPS) is 20.6. The summed E-state index contributed by atoms with van der Waals surface area (Å²) in [5, 5.41) is 3.40. The average molecular weight is 291 g/mol. The van der Waals surface area contributed by atoms with E-state index in [0.29, 0.717) is 5.92 Å². The minimum Gasteiger partial charge on any atom is -0.369 e. The predicted octanol–water partition coefficient (Wildman–Crippen LogP) is 2.88. The zero-order chi connectivity index (χ0) is 15.8. The molecule has 0 bridgehead atoms. The van der Waals surface area contributed by atoms with Crippen LogP contribution < -0.4 is 5.32 Å². The Balaban J connectivity index is 0.00000106. The number of piperazine rings is 1. The first-order valence-electron chi connectivity index (χ1n) is 8.34. The highest BCUT2D eigenvalue weighted by Crippen LogP contribution is 2.22. The zero-order valence-corrected chi connectivity index (χ0v) is 14.4. The maximum Gasteiger partial charge on any atom is 0.0447 e. The molecule has 2 aliphatic rings. The summed E-state index contributed by atoms with van der Waals surface area (Å²) in [6.07, 6.45) is 4.13. The Morgan fingerprint density at radius 1 is 1.19 bits per heavy atom. The van der Waals surface area contributed by atoms with E-state index in [4.69, 9.17) is 0 Å². The summed E-state index contributed by atoms with van der Waals surface area (Å²) in [4.78, 5) is 4.97. The molecule has 0 aromatic heterocycles. The van der Waals surface area contributed by atoms with Crippen LogP contribution in [-0.2, 0) is 0 Å². The van der Waals surface area contributed by atoms with Crippen molar-refractivity contribution >= 4 is 0 Å². The van der Waals surface area contributed by atoms with Gasteiger partial charge in [0.1, 0.15) is 0 Å². The molecule has 0 radical (unpaired) electrons. The van der Waals surface area contributed by atoms with Crippen molar-refractivity contribution in [2.24, 2.45) is 5.92 Å². The largest absolute Gasteiger partial charge is 0.369 e. The van der Waals surface area contributed by atoms with Crippen LogP contribution in [0.25, 0.3) is 0 Å². The van der Waals surface area contributed by atoms with Crippen molar-refractivity contribution in [3.8, 4) is 0 Å². The lowest BCUT2D eigenvalue weighted by Crippen LogP contribution is -2.61. The van der Waals surface area contributed by atoms with E-state index in [1.165, 1.54) is 18.7 Å². The molecule has 0 amide bonds. The van der Waals surface area contributed by atoms with Crippen molar-refractivity contribution in [2.45, 2.75) is 33.7 Å². The van der Waals surface area contributed by atoms with Crippen LogP contribution in [0.5, 0.6) is 0 Å². The summed E-state index contributed by atoms with van der Waals surface area (Å²) in [6.45, 7) is 23.3. The Morgan fingerprint density at radius 3 is 2.24 bits per heavy atom. The average Bonchev–Trinajstić information content (AvgIpc) is 2.46. The number of hydrogen-bond acceptors (Lipinski definition) is 3. The summed E-state index contributed by atoms with van der Waals surface area (Å²) in [6, 6.07) is 0.721. The van der Waals surface area contributed by atoms with E-state index < -0.39 is 0 Å². The molecule has 2 fully saturated rings. The van der Waals surface area contributed by atoms with Crippen LogP contribution in [0, 0.1) is 5.92 Å². The van der Waals surface area contributed by atoms with Gasteiger partial charge in [-0.1, -0.05) is 46.9 Å². The fourth-order valence-corrected chi connectivity index (χ4v) is 2.71. The minimum absolute atomic E-state index is 0.513. The van der Waals surface area contributed by atoms with Gasteiger partial charge in [-0.3, -0.25) is 4.90 Å². The van der Waals surface area contributed by atoms with Gasteiger partial charge in [0.05, 0.1) is 0 Å². The van der Waals surface area contributed by atoms with Crippen LogP contribution in [0.4, 0.5) is 0 Å². The van der Waals surface area contributed by atoms with E-state index in [1.807, 2.05) is 19.9 Å². The minimum atomic E-state index is 0.513. The molecule has 0 atom stereocenters. The van der Waals surface area contributed by atoms with Crippen molar-refractivity contribution in [3.63, 3.8) is 0 Å². The van der Waals surface area contributed by atoms with Crippen molar-refractivity contribution in [3.05, 3.63) is 36.6 Å². The van der Waals surface area contributed by atoms with E-state index in [2.05, 4.69) is 48.2 Å². The Bertz CT molecular complexity index is 359. The van der Waals surface area contributed by atoms with Gasteiger partial charge in [0.2, 0.25) is 0 Å². The SMILES string of the molecule is C=C/C(=C\C(=C)N1CC(N2CCNCC2)C1)C(C)C.CC. The Labute approximate surface area is 131 Å². The Morgan fingerprint density at radius 2 is 1.76 bits per heavy atom. The second-order valence-electron chi connectivity index (χ2n) is 5.84. The first kappa shape index (κ1) is 18.0. The molecular weight excluding hydrogens is 258 g/mol. The van der Waals surface area contributed by atoms with E-state index in [9.17, 15) is 0 Å². The third kappa shape index (κ3) is 5.01. The smallest absolute Gasteiger partial charge is 0.0447 e. The maximum absolute atomic E-state index is 4.20. The monoisotopic (exact) mass is 291 g/mol. The first-order valence-corrected chi connectivity index (χ1v) is 8.34. The molecule has 2 saturated heterocycles. The van der Waals surface area contributed by atoms with Gasteiger partial charge < -0.3 is 10.2 Å². The second kappa shape index (κ2) is 9.06. The fraction of sp³-hybridized carbons (Fsp3) is 0.667. The van der Waals surface area contributed by atoms with E-state index in [-0.39, 0.29) is 0 Å². The van der Waals surface area contributed by atoms with Gasteiger partial charge in [0, 0.05) is 51.0 Å². The zero-order valence-electron chi connectivity index (χ0n) is 14.4. The van der Waals surface area contributed by atoms with Crippen LogP contribution in [0.1, 0.15) is 27.7 Å². The summed E-state index contributed by atoms with van der Waals surface area (Å²) < 4.78 is 0. The number of rotatable bonds is 5. The summed E-state index contributed by atoms with van der Waals surface area (Å²) in [5.41, 5.74) is 2.41.